The van der Waals surface area contributed by atoms with Crippen LogP contribution in [0.3, 0.4) is 0 Å². The molecule has 0 bridgehead atoms. The molecule has 3 nitrogen and oxygen atoms in total. The van der Waals surface area contributed by atoms with Crippen molar-refractivity contribution in [2.24, 2.45) is 0 Å². The first-order valence-corrected chi connectivity index (χ1v) is 7.09. The minimum atomic E-state index is 0.475. The van der Waals surface area contributed by atoms with E-state index in [0.717, 1.165) is 25.3 Å². The second-order valence-electron chi connectivity index (χ2n) is 5.36. The smallest absolute Gasteiger partial charge is 0.122 e. The third-order valence-corrected chi connectivity index (χ3v) is 3.93. The van der Waals surface area contributed by atoms with Crippen LogP contribution in [-0.2, 0) is 6.42 Å². The fourth-order valence-electron chi connectivity index (χ4n) is 2.95. The summed E-state index contributed by atoms with van der Waals surface area (Å²) >= 11 is 0. The van der Waals surface area contributed by atoms with E-state index in [1.807, 2.05) is 6.07 Å². The van der Waals surface area contributed by atoms with Crippen LogP contribution in [0.25, 0.3) is 0 Å². The zero-order valence-corrected chi connectivity index (χ0v) is 10.8. The Hall–Kier alpha value is -1.06. The summed E-state index contributed by atoms with van der Waals surface area (Å²) < 4.78 is 5.83. The van der Waals surface area contributed by atoms with Gasteiger partial charge in [0.25, 0.3) is 0 Å². The molecule has 2 atom stereocenters. The number of ether oxygens (including phenoxy) is 1. The number of nitrogens with one attached hydrogen (secondary N) is 2. The zero-order valence-electron chi connectivity index (χ0n) is 10.8. The van der Waals surface area contributed by atoms with Crippen LogP contribution in [0.1, 0.15) is 24.8 Å². The second-order valence-corrected chi connectivity index (χ2v) is 5.36. The van der Waals surface area contributed by atoms with E-state index < -0.39 is 0 Å². The molecule has 2 aliphatic rings. The quantitative estimate of drug-likeness (QED) is 0.833. The second kappa shape index (κ2) is 5.72. The predicted octanol–water partition coefficient (Wildman–Crippen LogP) is 1.72. The molecule has 0 aliphatic carbocycles. The first kappa shape index (κ1) is 12.0. The molecular formula is C15H22N2O. The van der Waals surface area contributed by atoms with Crippen LogP contribution in [0, 0.1) is 0 Å². The van der Waals surface area contributed by atoms with Gasteiger partial charge in [-0.05, 0) is 50.4 Å². The van der Waals surface area contributed by atoms with Gasteiger partial charge in [0.05, 0.1) is 0 Å². The molecule has 3 heteroatoms. The third-order valence-electron chi connectivity index (χ3n) is 3.93. The van der Waals surface area contributed by atoms with Crippen LogP contribution in [0.5, 0.6) is 5.75 Å². The third kappa shape index (κ3) is 2.85. The molecule has 1 aromatic carbocycles. The van der Waals surface area contributed by atoms with E-state index in [1.54, 1.807) is 0 Å². The first-order chi connectivity index (χ1) is 8.92. The van der Waals surface area contributed by atoms with Crippen LogP contribution >= 0.6 is 0 Å². The molecular weight excluding hydrogens is 224 g/mol. The SMILES string of the molecule is c1ccc2c(c1)CC(NC1CCCNCC1)CO2. The van der Waals surface area contributed by atoms with Crippen LogP contribution in [-0.4, -0.2) is 31.8 Å². The van der Waals surface area contributed by atoms with Gasteiger partial charge in [-0.2, -0.15) is 0 Å². The van der Waals surface area contributed by atoms with Gasteiger partial charge in [-0.25, -0.2) is 0 Å². The lowest BCUT2D eigenvalue weighted by atomic mass is 10.0. The topological polar surface area (TPSA) is 33.3 Å². The van der Waals surface area contributed by atoms with Crippen molar-refractivity contribution in [1.82, 2.24) is 10.6 Å². The van der Waals surface area contributed by atoms with Gasteiger partial charge in [0.2, 0.25) is 0 Å². The van der Waals surface area contributed by atoms with Crippen molar-refractivity contribution in [1.29, 1.82) is 0 Å². The lowest BCUT2D eigenvalue weighted by molar-refractivity contribution is 0.223. The molecule has 2 heterocycles. The van der Waals surface area contributed by atoms with E-state index in [0.29, 0.717) is 12.1 Å². The average Bonchev–Trinajstić information content (AvgIpc) is 2.67. The van der Waals surface area contributed by atoms with E-state index in [1.165, 1.54) is 31.4 Å². The zero-order chi connectivity index (χ0) is 12.2. The Morgan fingerprint density at radius 1 is 1.11 bits per heavy atom. The maximum atomic E-state index is 5.83. The van der Waals surface area contributed by atoms with Crippen molar-refractivity contribution >= 4 is 0 Å². The molecule has 2 unspecified atom stereocenters. The highest BCUT2D eigenvalue weighted by Crippen LogP contribution is 2.24. The van der Waals surface area contributed by atoms with Gasteiger partial charge < -0.3 is 15.4 Å². The minimum absolute atomic E-state index is 0.475. The molecule has 0 amide bonds. The van der Waals surface area contributed by atoms with E-state index in [4.69, 9.17) is 4.74 Å². The molecule has 1 saturated heterocycles. The highest BCUT2D eigenvalue weighted by molar-refractivity contribution is 5.35. The van der Waals surface area contributed by atoms with Gasteiger partial charge in [0.15, 0.2) is 0 Å². The van der Waals surface area contributed by atoms with Gasteiger partial charge in [0, 0.05) is 12.1 Å². The number of rotatable bonds is 2. The summed E-state index contributed by atoms with van der Waals surface area (Å²) in [6.07, 6.45) is 4.89. The van der Waals surface area contributed by atoms with Crippen LogP contribution in [0.2, 0.25) is 0 Å². The molecule has 1 fully saturated rings. The number of hydrogen-bond acceptors (Lipinski definition) is 3. The Morgan fingerprint density at radius 2 is 2.06 bits per heavy atom. The van der Waals surface area contributed by atoms with Gasteiger partial charge in [-0.1, -0.05) is 18.2 Å². The van der Waals surface area contributed by atoms with E-state index in [2.05, 4.69) is 28.8 Å². The summed E-state index contributed by atoms with van der Waals surface area (Å²) in [5, 5.41) is 7.23. The van der Waals surface area contributed by atoms with Gasteiger partial charge in [-0.15, -0.1) is 0 Å². The minimum Gasteiger partial charge on any atom is -0.492 e. The summed E-state index contributed by atoms with van der Waals surface area (Å²) in [5.74, 6) is 1.07. The summed E-state index contributed by atoms with van der Waals surface area (Å²) in [7, 11) is 0. The van der Waals surface area contributed by atoms with Gasteiger partial charge in [0.1, 0.15) is 12.4 Å². The van der Waals surface area contributed by atoms with E-state index in [9.17, 15) is 0 Å². The molecule has 0 spiro atoms. The monoisotopic (exact) mass is 246 g/mol. The Labute approximate surface area is 109 Å². The van der Waals surface area contributed by atoms with Gasteiger partial charge in [-0.3, -0.25) is 0 Å². The van der Waals surface area contributed by atoms with Crippen molar-refractivity contribution in [3.8, 4) is 5.75 Å². The molecule has 3 rings (SSSR count). The fraction of sp³-hybridized carbons (Fsp3) is 0.600. The molecule has 2 N–H and O–H groups in total. The van der Waals surface area contributed by atoms with Crippen LogP contribution in [0.15, 0.2) is 24.3 Å². The number of para-hydroxylation sites is 1. The van der Waals surface area contributed by atoms with Gasteiger partial charge >= 0.3 is 0 Å². The van der Waals surface area contributed by atoms with Crippen LogP contribution in [0.4, 0.5) is 0 Å². The van der Waals surface area contributed by atoms with E-state index in [-0.39, 0.29) is 0 Å². The lowest BCUT2D eigenvalue weighted by Gasteiger charge is -2.29. The maximum absolute atomic E-state index is 5.83. The van der Waals surface area contributed by atoms with Crippen molar-refractivity contribution in [2.75, 3.05) is 19.7 Å². The largest absolute Gasteiger partial charge is 0.492 e. The first-order valence-electron chi connectivity index (χ1n) is 7.09. The van der Waals surface area contributed by atoms with Crippen molar-refractivity contribution < 1.29 is 4.74 Å². The Morgan fingerprint density at radius 3 is 3.06 bits per heavy atom. The Balaban J connectivity index is 1.58. The van der Waals surface area contributed by atoms with E-state index >= 15 is 0 Å². The Kier molecular flexibility index (Phi) is 3.81. The molecule has 98 valence electrons. The predicted molar refractivity (Wildman–Crippen MR) is 73.1 cm³/mol. The van der Waals surface area contributed by atoms with Crippen molar-refractivity contribution in [2.45, 2.75) is 37.8 Å². The summed E-state index contributed by atoms with van der Waals surface area (Å²) in [6, 6.07) is 9.52. The molecule has 2 aliphatic heterocycles. The molecule has 0 radical (unpaired) electrons. The summed E-state index contributed by atoms with van der Waals surface area (Å²) in [5.41, 5.74) is 1.34. The molecule has 1 aromatic rings. The van der Waals surface area contributed by atoms with Crippen molar-refractivity contribution in [3.63, 3.8) is 0 Å². The number of fused-ring (bicyclic) bond motifs is 1. The summed E-state index contributed by atoms with van der Waals surface area (Å²) in [6.45, 7) is 3.12. The lowest BCUT2D eigenvalue weighted by Crippen LogP contribution is -2.45. The molecule has 0 saturated carbocycles. The normalized spacial score (nSPS) is 28.0. The standard InChI is InChI=1S/C15H22N2O/c1-2-6-15-12(4-1)10-14(11-18-15)17-13-5-3-8-16-9-7-13/h1-2,4,6,13-14,16-17H,3,5,7-11H2. The fourth-order valence-corrected chi connectivity index (χ4v) is 2.95. The maximum Gasteiger partial charge on any atom is 0.122 e. The average molecular weight is 246 g/mol. The Bertz CT molecular complexity index is 386. The molecule has 0 aromatic heterocycles. The highest BCUT2D eigenvalue weighted by Gasteiger charge is 2.22. The highest BCUT2D eigenvalue weighted by atomic mass is 16.5. The van der Waals surface area contributed by atoms with Crippen molar-refractivity contribution in [3.05, 3.63) is 29.8 Å². The number of hydrogen-bond donors (Lipinski definition) is 2. The number of benzene rings is 1. The van der Waals surface area contributed by atoms with Crippen LogP contribution < -0.4 is 15.4 Å². The molecule has 18 heavy (non-hydrogen) atoms. The summed E-state index contributed by atoms with van der Waals surface area (Å²) in [4.78, 5) is 0.